The molecule has 2 aromatic carbocycles. The number of aromatic nitrogens is 1. The minimum Gasteiger partial charge on any atom is -0.333 e. The van der Waals surface area contributed by atoms with E-state index in [-0.39, 0.29) is 17.8 Å². The molecule has 0 radical (unpaired) electrons. The van der Waals surface area contributed by atoms with E-state index in [4.69, 9.17) is 4.98 Å². The standard InChI is InChI=1S/C21H21FN2OS/c22-16-8-2-1-7-15(16)12-13-20(25)24-14-6-5-10-18(24)21-23-17-9-3-4-11-19(17)26-21/h1-4,7-9,11,18H,5-6,10,12-14H2/t18-/m1/s1. The first-order valence-corrected chi connectivity index (χ1v) is 9.92. The van der Waals surface area contributed by atoms with Crippen LogP contribution in [0.2, 0.25) is 0 Å². The van der Waals surface area contributed by atoms with Gasteiger partial charge in [0.1, 0.15) is 10.8 Å². The van der Waals surface area contributed by atoms with Gasteiger partial charge in [0.25, 0.3) is 0 Å². The molecule has 0 aliphatic carbocycles. The maximum Gasteiger partial charge on any atom is 0.223 e. The molecule has 2 heterocycles. The third kappa shape index (κ3) is 3.49. The molecule has 1 fully saturated rings. The van der Waals surface area contributed by atoms with Crippen LogP contribution < -0.4 is 0 Å². The molecule has 0 N–H and O–H groups in total. The number of piperidine rings is 1. The maximum absolute atomic E-state index is 13.8. The van der Waals surface area contributed by atoms with Crippen molar-refractivity contribution in [3.05, 3.63) is 64.9 Å². The lowest BCUT2D eigenvalue weighted by Gasteiger charge is -2.34. The zero-order chi connectivity index (χ0) is 17.9. The van der Waals surface area contributed by atoms with Gasteiger partial charge >= 0.3 is 0 Å². The maximum atomic E-state index is 13.8. The Morgan fingerprint density at radius 2 is 1.96 bits per heavy atom. The molecule has 4 rings (SSSR count). The summed E-state index contributed by atoms with van der Waals surface area (Å²) in [5, 5.41) is 1.02. The van der Waals surface area contributed by atoms with Crippen molar-refractivity contribution in [3.63, 3.8) is 0 Å². The van der Waals surface area contributed by atoms with Gasteiger partial charge in [-0.05, 0) is 49.4 Å². The lowest BCUT2D eigenvalue weighted by atomic mass is 10.0. The van der Waals surface area contributed by atoms with Crippen LogP contribution in [0, 0.1) is 5.82 Å². The molecule has 1 aliphatic rings. The van der Waals surface area contributed by atoms with E-state index < -0.39 is 0 Å². The van der Waals surface area contributed by atoms with Crippen LogP contribution in [0.3, 0.4) is 0 Å². The fourth-order valence-corrected chi connectivity index (χ4v) is 4.72. The van der Waals surface area contributed by atoms with Gasteiger partial charge < -0.3 is 4.90 Å². The Morgan fingerprint density at radius 1 is 1.15 bits per heavy atom. The van der Waals surface area contributed by atoms with Crippen molar-refractivity contribution >= 4 is 27.5 Å². The van der Waals surface area contributed by atoms with E-state index in [1.54, 1.807) is 23.5 Å². The van der Waals surface area contributed by atoms with Crippen molar-refractivity contribution in [3.8, 4) is 0 Å². The molecular weight excluding hydrogens is 347 g/mol. The van der Waals surface area contributed by atoms with Crippen LogP contribution in [0.5, 0.6) is 0 Å². The first-order valence-electron chi connectivity index (χ1n) is 9.11. The minimum atomic E-state index is -0.235. The van der Waals surface area contributed by atoms with Gasteiger partial charge in [-0.1, -0.05) is 30.3 Å². The Kier molecular flexibility index (Phi) is 4.98. The van der Waals surface area contributed by atoms with Gasteiger partial charge in [-0.25, -0.2) is 9.37 Å². The molecule has 3 nitrogen and oxygen atoms in total. The third-order valence-electron chi connectivity index (χ3n) is 4.98. The van der Waals surface area contributed by atoms with E-state index >= 15 is 0 Å². The first kappa shape index (κ1) is 17.2. The van der Waals surface area contributed by atoms with Crippen molar-refractivity contribution in [2.45, 2.75) is 38.1 Å². The summed E-state index contributed by atoms with van der Waals surface area (Å²) in [6.45, 7) is 0.761. The molecule has 5 heteroatoms. The quantitative estimate of drug-likeness (QED) is 0.640. The summed E-state index contributed by atoms with van der Waals surface area (Å²) in [6, 6.07) is 14.8. The van der Waals surface area contributed by atoms with Gasteiger partial charge in [0.15, 0.2) is 0 Å². The average molecular weight is 368 g/mol. The number of fused-ring (bicyclic) bond motifs is 1. The van der Waals surface area contributed by atoms with Crippen LogP contribution in [0.4, 0.5) is 4.39 Å². The fraction of sp³-hybridized carbons (Fsp3) is 0.333. The second-order valence-electron chi connectivity index (χ2n) is 6.71. The summed E-state index contributed by atoms with van der Waals surface area (Å²) in [5.74, 6) is -0.140. The summed E-state index contributed by atoms with van der Waals surface area (Å²) in [4.78, 5) is 19.6. The molecule has 1 aromatic heterocycles. The number of nitrogens with zero attached hydrogens (tertiary/aromatic N) is 2. The zero-order valence-electron chi connectivity index (χ0n) is 14.5. The van der Waals surface area contributed by atoms with Crippen LogP contribution in [-0.4, -0.2) is 22.3 Å². The average Bonchev–Trinajstić information content (AvgIpc) is 3.11. The molecule has 0 saturated carbocycles. The van der Waals surface area contributed by atoms with Gasteiger partial charge in [0, 0.05) is 13.0 Å². The van der Waals surface area contributed by atoms with Crippen molar-refractivity contribution in [1.29, 1.82) is 0 Å². The highest BCUT2D eigenvalue weighted by molar-refractivity contribution is 7.18. The fourth-order valence-electron chi connectivity index (χ4n) is 3.61. The smallest absolute Gasteiger partial charge is 0.223 e. The number of halogens is 1. The second kappa shape index (κ2) is 7.54. The number of benzene rings is 2. The van der Waals surface area contributed by atoms with Crippen molar-refractivity contribution < 1.29 is 9.18 Å². The molecular formula is C21H21FN2OS. The highest BCUT2D eigenvalue weighted by atomic mass is 32.1. The van der Waals surface area contributed by atoms with E-state index in [0.717, 1.165) is 41.0 Å². The first-order chi connectivity index (χ1) is 12.7. The molecule has 26 heavy (non-hydrogen) atoms. The number of likely N-dealkylation sites (tertiary alicyclic amines) is 1. The monoisotopic (exact) mass is 368 g/mol. The Labute approximate surface area is 156 Å². The van der Waals surface area contributed by atoms with Crippen LogP contribution in [0.25, 0.3) is 10.2 Å². The number of hydrogen-bond donors (Lipinski definition) is 0. The lowest BCUT2D eigenvalue weighted by molar-refractivity contribution is -0.135. The molecule has 3 aromatic rings. The predicted octanol–water partition coefficient (Wildman–Crippen LogP) is 5.12. The van der Waals surface area contributed by atoms with E-state index in [1.165, 1.54) is 6.07 Å². The van der Waals surface area contributed by atoms with Crippen molar-refractivity contribution in [2.24, 2.45) is 0 Å². The normalized spacial score (nSPS) is 17.6. The molecule has 134 valence electrons. The molecule has 0 bridgehead atoms. The molecule has 0 spiro atoms. The summed E-state index contributed by atoms with van der Waals surface area (Å²) in [5.41, 5.74) is 1.60. The van der Waals surface area contributed by atoms with Crippen LogP contribution >= 0.6 is 11.3 Å². The van der Waals surface area contributed by atoms with Crippen LogP contribution in [0.1, 0.15) is 42.3 Å². The van der Waals surface area contributed by atoms with Gasteiger partial charge in [0.2, 0.25) is 5.91 Å². The Bertz CT molecular complexity index is 890. The summed E-state index contributed by atoms with van der Waals surface area (Å²) in [6.07, 6.45) is 3.85. The minimum absolute atomic E-state index is 0.0503. The summed E-state index contributed by atoms with van der Waals surface area (Å²) >= 11 is 1.68. The highest BCUT2D eigenvalue weighted by Crippen LogP contribution is 2.36. The number of thiazole rings is 1. The van der Waals surface area contributed by atoms with Gasteiger partial charge in [-0.2, -0.15) is 0 Å². The predicted molar refractivity (Wildman–Crippen MR) is 103 cm³/mol. The van der Waals surface area contributed by atoms with Crippen LogP contribution in [0.15, 0.2) is 48.5 Å². The number of aryl methyl sites for hydroxylation is 1. The topological polar surface area (TPSA) is 33.2 Å². The third-order valence-corrected chi connectivity index (χ3v) is 6.12. The SMILES string of the molecule is O=C(CCc1ccccc1F)N1CCCC[C@@H]1c1nc2ccccc2s1. The van der Waals surface area contributed by atoms with Crippen molar-refractivity contribution in [1.82, 2.24) is 9.88 Å². The van der Waals surface area contributed by atoms with E-state index in [9.17, 15) is 9.18 Å². The largest absolute Gasteiger partial charge is 0.333 e. The van der Waals surface area contributed by atoms with E-state index in [0.29, 0.717) is 18.4 Å². The summed E-state index contributed by atoms with van der Waals surface area (Å²) < 4.78 is 15.0. The van der Waals surface area contributed by atoms with Gasteiger partial charge in [-0.15, -0.1) is 11.3 Å². The Hall–Kier alpha value is -2.27. The molecule has 0 unspecified atom stereocenters. The summed E-state index contributed by atoms with van der Waals surface area (Å²) in [7, 11) is 0. The number of rotatable bonds is 4. The van der Waals surface area contributed by atoms with Gasteiger partial charge in [0.05, 0.1) is 16.3 Å². The molecule has 1 amide bonds. The number of amides is 1. The van der Waals surface area contributed by atoms with Crippen molar-refractivity contribution in [2.75, 3.05) is 6.54 Å². The Balaban J connectivity index is 1.51. The lowest BCUT2D eigenvalue weighted by Crippen LogP contribution is -2.38. The highest BCUT2D eigenvalue weighted by Gasteiger charge is 2.30. The Morgan fingerprint density at radius 3 is 2.81 bits per heavy atom. The number of carbonyl (C=O) groups excluding carboxylic acids is 1. The zero-order valence-corrected chi connectivity index (χ0v) is 15.3. The second-order valence-corrected chi connectivity index (χ2v) is 7.77. The number of carbonyl (C=O) groups is 1. The van der Waals surface area contributed by atoms with Gasteiger partial charge in [-0.3, -0.25) is 4.79 Å². The van der Waals surface area contributed by atoms with E-state index in [1.807, 2.05) is 29.2 Å². The molecule has 1 atom stereocenters. The number of para-hydroxylation sites is 1. The molecule has 1 aliphatic heterocycles. The number of hydrogen-bond acceptors (Lipinski definition) is 3. The van der Waals surface area contributed by atoms with E-state index in [2.05, 4.69) is 6.07 Å². The van der Waals surface area contributed by atoms with Crippen LogP contribution in [-0.2, 0) is 11.2 Å². The molecule has 1 saturated heterocycles.